The molecule has 0 spiro atoms. The highest BCUT2D eigenvalue weighted by Crippen LogP contribution is 2.29. The second-order valence-electron chi connectivity index (χ2n) is 3.52. The maximum Gasteiger partial charge on any atom is 0.236 e. The second-order valence-corrected chi connectivity index (χ2v) is 4.78. The molecule has 0 aliphatic rings. The van der Waals surface area contributed by atoms with Gasteiger partial charge in [-0.3, -0.25) is 0 Å². The molecule has 0 saturated carbocycles. The fourth-order valence-corrected chi connectivity index (χ4v) is 2.33. The van der Waals surface area contributed by atoms with Gasteiger partial charge >= 0.3 is 0 Å². The van der Waals surface area contributed by atoms with E-state index >= 15 is 0 Å². The van der Waals surface area contributed by atoms with Crippen LogP contribution in [0.4, 0.5) is 0 Å². The lowest BCUT2D eigenvalue weighted by Crippen LogP contribution is -2.04. The number of aryl methyl sites for hydroxylation is 2. The molecule has 0 aliphatic carbocycles. The normalized spacial score (nSPS) is 10.9. The summed E-state index contributed by atoms with van der Waals surface area (Å²) in [4.78, 5) is 6.83. The third-order valence-electron chi connectivity index (χ3n) is 2.29. The Labute approximate surface area is 93.2 Å². The minimum absolute atomic E-state index is 0.724. The number of hydrogen-bond donors (Lipinski definition) is 1. The zero-order chi connectivity index (χ0) is 10.8. The molecule has 80 valence electrons. The molecule has 0 aromatic carbocycles. The SMILES string of the molecule is CNCc1coc(-c2cc(C)c(C)s2)n1. The van der Waals surface area contributed by atoms with E-state index < -0.39 is 0 Å². The van der Waals surface area contributed by atoms with Gasteiger partial charge in [0.05, 0.1) is 10.6 Å². The maximum absolute atomic E-state index is 5.43. The molecule has 0 amide bonds. The molecule has 15 heavy (non-hydrogen) atoms. The van der Waals surface area contributed by atoms with E-state index in [-0.39, 0.29) is 0 Å². The number of aromatic nitrogens is 1. The second kappa shape index (κ2) is 4.16. The van der Waals surface area contributed by atoms with Gasteiger partial charge < -0.3 is 9.73 Å². The third kappa shape index (κ3) is 2.11. The van der Waals surface area contributed by atoms with E-state index in [9.17, 15) is 0 Å². The standard InChI is InChI=1S/C11H14N2OS/c1-7-4-10(15-8(7)2)11-13-9(5-12-3)6-14-11/h4,6,12H,5H2,1-3H3. The van der Waals surface area contributed by atoms with Crippen LogP contribution in [0.15, 0.2) is 16.7 Å². The highest BCUT2D eigenvalue weighted by molar-refractivity contribution is 7.15. The van der Waals surface area contributed by atoms with E-state index in [1.807, 2.05) is 7.05 Å². The molecular weight excluding hydrogens is 208 g/mol. The zero-order valence-corrected chi connectivity index (χ0v) is 9.94. The van der Waals surface area contributed by atoms with Crippen LogP contribution in [0.1, 0.15) is 16.1 Å². The molecule has 0 saturated heterocycles. The first kappa shape index (κ1) is 10.4. The van der Waals surface area contributed by atoms with Crippen LogP contribution in [0, 0.1) is 13.8 Å². The fraction of sp³-hybridized carbons (Fsp3) is 0.364. The van der Waals surface area contributed by atoms with Gasteiger partial charge in [0.25, 0.3) is 0 Å². The van der Waals surface area contributed by atoms with Crippen LogP contribution in [0.2, 0.25) is 0 Å². The van der Waals surface area contributed by atoms with Gasteiger partial charge in [-0.05, 0) is 32.5 Å². The van der Waals surface area contributed by atoms with Crippen LogP contribution in [0.25, 0.3) is 10.8 Å². The van der Waals surface area contributed by atoms with Crippen LogP contribution < -0.4 is 5.32 Å². The Balaban J connectivity index is 2.28. The van der Waals surface area contributed by atoms with Crippen molar-refractivity contribution in [3.05, 3.63) is 28.5 Å². The first-order chi connectivity index (χ1) is 7.20. The van der Waals surface area contributed by atoms with Crippen molar-refractivity contribution in [1.29, 1.82) is 0 Å². The molecule has 2 aromatic heterocycles. The average molecular weight is 222 g/mol. The number of thiophene rings is 1. The number of rotatable bonds is 3. The summed E-state index contributed by atoms with van der Waals surface area (Å²) < 4.78 is 5.43. The molecule has 2 rings (SSSR count). The van der Waals surface area contributed by atoms with Crippen molar-refractivity contribution in [3.63, 3.8) is 0 Å². The summed E-state index contributed by atoms with van der Waals surface area (Å²) >= 11 is 1.72. The Bertz CT molecular complexity index is 439. The summed E-state index contributed by atoms with van der Waals surface area (Å²) in [6.45, 7) is 4.96. The quantitative estimate of drug-likeness (QED) is 0.867. The monoisotopic (exact) mass is 222 g/mol. The Morgan fingerprint density at radius 3 is 2.87 bits per heavy atom. The Kier molecular flexibility index (Phi) is 2.88. The number of hydrogen-bond acceptors (Lipinski definition) is 4. The van der Waals surface area contributed by atoms with Gasteiger partial charge in [0.2, 0.25) is 5.89 Å². The summed E-state index contributed by atoms with van der Waals surface area (Å²) in [5.41, 5.74) is 2.24. The Morgan fingerprint density at radius 2 is 2.27 bits per heavy atom. The smallest absolute Gasteiger partial charge is 0.236 e. The van der Waals surface area contributed by atoms with Crippen molar-refractivity contribution in [1.82, 2.24) is 10.3 Å². The van der Waals surface area contributed by atoms with Crippen LogP contribution in [0.3, 0.4) is 0 Å². The van der Waals surface area contributed by atoms with Gasteiger partial charge in [-0.1, -0.05) is 0 Å². The average Bonchev–Trinajstić information content (AvgIpc) is 2.76. The largest absolute Gasteiger partial charge is 0.444 e. The molecule has 0 atom stereocenters. The van der Waals surface area contributed by atoms with E-state index in [0.29, 0.717) is 0 Å². The molecule has 2 aromatic rings. The minimum atomic E-state index is 0.724. The van der Waals surface area contributed by atoms with Crippen LogP contribution >= 0.6 is 11.3 Å². The molecule has 0 bridgehead atoms. The van der Waals surface area contributed by atoms with Crippen molar-refractivity contribution >= 4 is 11.3 Å². The molecule has 0 fully saturated rings. The summed E-state index contributed by atoms with van der Waals surface area (Å²) in [5.74, 6) is 0.724. The summed E-state index contributed by atoms with van der Waals surface area (Å²) in [5, 5.41) is 3.05. The van der Waals surface area contributed by atoms with Gasteiger partial charge in [0.1, 0.15) is 6.26 Å². The number of oxazole rings is 1. The summed E-state index contributed by atoms with van der Waals surface area (Å²) in [6, 6.07) is 2.12. The summed E-state index contributed by atoms with van der Waals surface area (Å²) in [6.07, 6.45) is 1.70. The molecule has 3 nitrogen and oxygen atoms in total. The van der Waals surface area contributed by atoms with Gasteiger partial charge in [0.15, 0.2) is 0 Å². The van der Waals surface area contributed by atoms with Crippen LogP contribution in [0.5, 0.6) is 0 Å². The molecule has 0 aliphatic heterocycles. The minimum Gasteiger partial charge on any atom is -0.444 e. The zero-order valence-electron chi connectivity index (χ0n) is 9.13. The Morgan fingerprint density at radius 1 is 1.47 bits per heavy atom. The molecule has 4 heteroatoms. The van der Waals surface area contributed by atoms with Gasteiger partial charge in [-0.15, -0.1) is 11.3 Å². The van der Waals surface area contributed by atoms with Crippen molar-refractivity contribution in [3.8, 4) is 10.8 Å². The van der Waals surface area contributed by atoms with Gasteiger partial charge in [-0.25, -0.2) is 4.98 Å². The lowest BCUT2D eigenvalue weighted by atomic mass is 10.3. The van der Waals surface area contributed by atoms with Crippen molar-refractivity contribution in [2.24, 2.45) is 0 Å². The molecule has 1 N–H and O–H groups in total. The van der Waals surface area contributed by atoms with E-state index in [0.717, 1.165) is 23.0 Å². The predicted octanol–water partition coefficient (Wildman–Crippen LogP) is 2.74. The first-order valence-corrected chi connectivity index (χ1v) is 5.68. The lowest BCUT2D eigenvalue weighted by molar-refractivity contribution is 0.573. The fourth-order valence-electron chi connectivity index (χ4n) is 1.36. The van der Waals surface area contributed by atoms with E-state index in [4.69, 9.17) is 4.42 Å². The summed E-state index contributed by atoms with van der Waals surface area (Å²) in [7, 11) is 1.90. The van der Waals surface area contributed by atoms with Crippen LogP contribution in [-0.4, -0.2) is 12.0 Å². The first-order valence-electron chi connectivity index (χ1n) is 4.87. The van der Waals surface area contributed by atoms with Crippen LogP contribution in [-0.2, 0) is 6.54 Å². The van der Waals surface area contributed by atoms with Crippen molar-refractivity contribution < 1.29 is 4.42 Å². The molecule has 0 radical (unpaired) electrons. The Hall–Kier alpha value is -1.13. The lowest BCUT2D eigenvalue weighted by Gasteiger charge is -1.89. The highest BCUT2D eigenvalue weighted by atomic mass is 32.1. The van der Waals surface area contributed by atoms with Gasteiger partial charge in [0, 0.05) is 11.4 Å². The maximum atomic E-state index is 5.43. The van der Waals surface area contributed by atoms with Crippen molar-refractivity contribution in [2.75, 3.05) is 7.05 Å². The third-order valence-corrected chi connectivity index (χ3v) is 3.43. The van der Waals surface area contributed by atoms with E-state index in [2.05, 4.69) is 30.2 Å². The van der Waals surface area contributed by atoms with Crippen molar-refractivity contribution in [2.45, 2.75) is 20.4 Å². The predicted molar refractivity (Wildman–Crippen MR) is 62.1 cm³/mol. The molecular formula is C11H14N2OS. The topological polar surface area (TPSA) is 38.1 Å². The van der Waals surface area contributed by atoms with E-state index in [1.54, 1.807) is 17.6 Å². The molecule has 0 unspecified atom stereocenters. The number of nitrogens with one attached hydrogen (secondary N) is 1. The molecule has 2 heterocycles. The van der Waals surface area contributed by atoms with Gasteiger partial charge in [-0.2, -0.15) is 0 Å². The number of nitrogens with zero attached hydrogens (tertiary/aromatic N) is 1. The highest BCUT2D eigenvalue weighted by Gasteiger charge is 2.09. The van der Waals surface area contributed by atoms with E-state index in [1.165, 1.54) is 10.4 Å².